The lowest BCUT2D eigenvalue weighted by Crippen LogP contribution is -2.06. The molecule has 0 aromatic heterocycles. The van der Waals surface area contributed by atoms with Gasteiger partial charge in [-0.3, -0.25) is 0 Å². The van der Waals surface area contributed by atoms with Gasteiger partial charge in [-0.25, -0.2) is 0 Å². The minimum Gasteiger partial charge on any atom is -0.385 e. The van der Waals surface area contributed by atoms with Gasteiger partial charge in [-0.15, -0.1) is 0 Å². The lowest BCUT2D eigenvalue weighted by molar-refractivity contribution is 0.150. The van der Waals surface area contributed by atoms with Crippen LogP contribution in [0.2, 0.25) is 0 Å². The Morgan fingerprint density at radius 2 is 1.92 bits per heavy atom. The van der Waals surface area contributed by atoms with Gasteiger partial charge in [-0.2, -0.15) is 0 Å². The Balaban J connectivity index is 2.48. The lowest BCUT2D eigenvalue weighted by Gasteiger charge is -2.12. The summed E-state index contributed by atoms with van der Waals surface area (Å²) < 4.78 is 0. The van der Waals surface area contributed by atoms with Crippen LogP contribution in [-0.4, -0.2) is 5.11 Å². The molecule has 1 aromatic rings. The second-order valence-electron chi connectivity index (χ2n) is 3.85. The summed E-state index contributed by atoms with van der Waals surface area (Å²) in [4.78, 5) is 0. The monoisotopic (exact) mass is 162 g/mol. The highest BCUT2D eigenvalue weighted by atomic mass is 16.3. The van der Waals surface area contributed by atoms with Crippen LogP contribution in [0, 0.1) is 13.8 Å². The molecule has 1 aliphatic rings. The Hall–Kier alpha value is -0.820. The molecule has 64 valence electrons. The van der Waals surface area contributed by atoms with Gasteiger partial charge < -0.3 is 5.11 Å². The summed E-state index contributed by atoms with van der Waals surface area (Å²) in [6.07, 6.45) is 1.86. The van der Waals surface area contributed by atoms with E-state index in [1.165, 1.54) is 11.1 Å². The fraction of sp³-hybridized carbons (Fsp3) is 0.455. The van der Waals surface area contributed by atoms with E-state index in [4.69, 9.17) is 0 Å². The molecule has 1 N–H and O–H groups in total. The highest BCUT2D eigenvalue weighted by Gasteiger charge is 2.42. The summed E-state index contributed by atoms with van der Waals surface area (Å²) in [6, 6.07) is 6.27. The zero-order chi connectivity index (χ0) is 8.77. The first-order chi connectivity index (χ1) is 5.62. The highest BCUT2D eigenvalue weighted by Crippen LogP contribution is 2.46. The maximum Gasteiger partial charge on any atom is 0.0901 e. The number of aryl methyl sites for hydroxylation is 2. The first-order valence-corrected chi connectivity index (χ1v) is 4.42. The van der Waals surface area contributed by atoms with Crippen LogP contribution >= 0.6 is 0 Å². The first-order valence-electron chi connectivity index (χ1n) is 4.42. The molecule has 0 spiro atoms. The van der Waals surface area contributed by atoms with E-state index >= 15 is 0 Å². The molecule has 2 rings (SSSR count). The van der Waals surface area contributed by atoms with Gasteiger partial charge in [0.25, 0.3) is 0 Å². The van der Waals surface area contributed by atoms with E-state index in [9.17, 15) is 5.11 Å². The zero-order valence-corrected chi connectivity index (χ0v) is 7.59. The molecule has 0 heterocycles. The van der Waals surface area contributed by atoms with E-state index in [0.717, 1.165) is 18.4 Å². The van der Waals surface area contributed by atoms with Gasteiger partial charge in [0.05, 0.1) is 5.60 Å². The van der Waals surface area contributed by atoms with Crippen LogP contribution in [0.25, 0.3) is 0 Å². The van der Waals surface area contributed by atoms with Crippen LogP contribution in [0.3, 0.4) is 0 Å². The van der Waals surface area contributed by atoms with Gasteiger partial charge in [-0.1, -0.05) is 23.8 Å². The third kappa shape index (κ3) is 1.14. The van der Waals surface area contributed by atoms with Crippen LogP contribution < -0.4 is 0 Å². The normalized spacial score (nSPS) is 19.2. The molecule has 1 aromatic carbocycles. The molecule has 1 fully saturated rings. The smallest absolute Gasteiger partial charge is 0.0901 e. The van der Waals surface area contributed by atoms with E-state index in [0.29, 0.717) is 0 Å². The number of hydrogen-bond acceptors (Lipinski definition) is 1. The minimum atomic E-state index is -0.476. The zero-order valence-electron chi connectivity index (χ0n) is 7.59. The summed E-state index contributed by atoms with van der Waals surface area (Å²) in [6.45, 7) is 4.12. The maximum absolute atomic E-state index is 9.91. The van der Waals surface area contributed by atoms with Gasteiger partial charge >= 0.3 is 0 Å². The summed E-state index contributed by atoms with van der Waals surface area (Å²) >= 11 is 0. The molecule has 1 nitrogen and oxygen atoms in total. The number of rotatable bonds is 1. The number of hydrogen-bond donors (Lipinski definition) is 1. The highest BCUT2D eigenvalue weighted by molar-refractivity contribution is 5.37. The van der Waals surface area contributed by atoms with Gasteiger partial charge in [0, 0.05) is 0 Å². The van der Waals surface area contributed by atoms with E-state index in [1.807, 2.05) is 0 Å². The van der Waals surface area contributed by atoms with Crippen molar-refractivity contribution in [3.63, 3.8) is 0 Å². The van der Waals surface area contributed by atoms with Crippen molar-refractivity contribution in [1.29, 1.82) is 0 Å². The summed E-state index contributed by atoms with van der Waals surface area (Å²) in [5.74, 6) is 0. The largest absolute Gasteiger partial charge is 0.385 e. The quantitative estimate of drug-likeness (QED) is 0.671. The van der Waals surface area contributed by atoms with Crippen LogP contribution in [0.1, 0.15) is 29.5 Å². The van der Waals surface area contributed by atoms with Gasteiger partial charge in [0.2, 0.25) is 0 Å². The molecule has 12 heavy (non-hydrogen) atoms. The average molecular weight is 162 g/mol. The van der Waals surface area contributed by atoms with Crippen molar-refractivity contribution in [1.82, 2.24) is 0 Å². The third-order valence-corrected chi connectivity index (χ3v) is 2.62. The molecular formula is C11H14O. The van der Waals surface area contributed by atoms with Crippen molar-refractivity contribution in [2.75, 3.05) is 0 Å². The predicted molar refractivity (Wildman–Crippen MR) is 49.0 cm³/mol. The fourth-order valence-electron chi connectivity index (χ4n) is 1.62. The Labute approximate surface area is 73.0 Å². The van der Waals surface area contributed by atoms with E-state index in [-0.39, 0.29) is 0 Å². The van der Waals surface area contributed by atoms with Crippen molar-refractivity contribution < 1.29 is 5.11 Å². The van der Waals surface area contributed by atoms with Crippen molar-refractivity contribution in [3.8, 4) is 0 Å². The Bertz CT molecular complexity index is 311. The number of benzene rings is 1. The standard InChI is InChI=1S/C11H14O/c1-8-3-4-9(2)10(7-8)11(12)5-6-11/h3-4,7,12H,5-6H2,1-2H3. The molecule has 0 amide bonds. The minimum absolute atomic E-state index is 0.476. The summed E-state index contributed by atoms with van der Waals surface area (Å²) in [5.41, 5.74) is 3.09. The molecule has 1 saturated carbocycles. The maximum atomic E-state index is 9.91. The third-order valence-electron chi connectivity index (χ3n) is 2.62. The van der Waals surface area contributed by atoms with E-state index < -0.39 is 5.60 Å². The Morgan fingerprint density at radius 1 is 1.25 bits per heavy atom. The molecular weight excluding hydrogens is 148 g/mol. The second-order valence-corrected chi connectivity index (χ2v) is 3.85. The second kappa shape index (κ2) is 2.33. The van der Waals surface area contributed by atoms with Gasteiger partial charge in [0.15, 0.2) is 0 Å². The predicted octanol–water partition coefficient (Wildman–Crippen LogP) is 2.28. The molecule has 1 heteroatoms. The van der Waals surface area contributed by atoms with Crippen LogP contribution in [0.15, 0.2) is 18.2 Å². The molecule has 1 aliphatic carbocycles. The van der Waals surface area contributed by atoms with Crippen molar-refractivity contribution in [2.45, 2.75) is 32.3 Å². The van der Waals surface area contributed by atoms with E-state index in [1.54, 1.807) is 0 Å². The Morgan fingerprint density at radius 3 is 2.50 bits per heavy atom. The topological polar surface area (TPSA) is 20.2 Å². The Kier molecular flexibility index (Phi) is 1.52. The molecule has 0 bridgehead atoms. The molecule has 0 unspecified atom stereocenters. The molecule has 0 aliphatic heterocycles. The molecule has 0 saturated heterocycles. The van der Waals surface area contributed by atoms with Crippen molar-refractivity contribution >= 4 is 0 Å². The molecule has 0 radical (unpaired) electrons. The van der Waals surface area contributed by atoms with Crippen LogP contribution in [0.4, 0.5) is 0 Å². The fourth-order valence-corrected chi connectivity index (χ4v) is 1.62. The van der Waals surface area contributed by atoms with Gasteiger partial charge in [-0.05, 0) is 37.8 Å². The van der Waals surface area contributed by atoms with Crippen molar-refractivity contribution in [2.24, 2.45) is 0 Å². The van der Waals surface area contributed by atoms with Crippen LogP contribution in [-0.2, 0) is 5.60 Å². The molecule has 0 atom stereocenters. The SMILES string of the molecule is Cc1ccc(C)c(C2(O)CC2)c1. The lowest BCUT2D eigenvalue weighted by atomic mass is 9.99. The van der Waals surface area contributed by atoms with Crippen LogP contribution in [0.5, 0.6) is 0 Å². The first kappa shape index (κ1) is 7.81. The van der Waals surface area contributed by atoms with E-state index in [2.05, 4.69) is 32.0 Å². The number of aliphatic hydroxyl groups is 1. The average Bonchev–Trinajstić information content (AvgIpc) is 2.75. The summed E-state index contributed by atoms with van der Waals surface area (Å²) in [7, 11) is 0. The summed E-state index contributed by atoms with van der Waals surface area (Å²) in [5, 5.41) is 9.91. The van der Waals surface area contributed by atoms with Gasteiger partial charge in [0.1, 0.15) is 0 Å². The van der Waals surface area contributed by atoms with Crippen molar-refractivity contribution in [3.05, 3.63) is 34.9 Å².